The molecular formula is C30H28FN3. The average Bonchev–Trinajstić information content (AvgIpc) is 2.86. The molecule has 0 fully saturated rings. The summed E-state index contributed by atoms with van der Waals surface area (Å²) in [6.07, 6.45) is 7.17. The van der Waals surface area contributed by atoms with Crippen LogP contribution >= 0.6 is 0 Å². The number of aromatic nitrogens is 2. The number of allylic oxidation sites excluding steroid dienone is 1. The van der Waals surface area contributed by atoms with Crippen LogP contribution < -0.4 is 5.32 Å². The molecule has 2 aromatic carbocycles. The van der Waals surface area contributed by atoms with Crippen LogP contribution in [0.2, 0.25) is 0 Å². The SMILES string of the molecule is C=C(Nc1ccc(Cc2ccc(F)cc2)nc1)C(=C)c1cc(-c2cncc(CC)c2)ccc1C. The van der Waals surface area contributed by atoms with Gasteiger partial charge in [-0.05, 0) is 83.1 Å². The van der Waals surface area contributed by atoms with Crippen LogP contribution in [-0.4, -0.2) is 9.97 Å². The minimum absolute atomic E-state index is 0.234. The topological polar surface area (TPSA) is 37.8 Å². The van der Waals surface area contributed by atoms with Gasteiger partial charge in [0.1, 0.15) is 5.82 Å². The summed E-state index contributed by atoms with van der Waals surface area (Å²) in [5.74, 6) is -0.234. The maximum absolute atomic E-state index is 13.1. The molecule has 0 spiro atoms. The molecule has 0 unspecified atom stereocenters. The highest BCUT2D eigenvalue weighted by molar-refractivity contribution is 5.84. The average molecular weight is 450 g/mol. The van der Waals surface area contributed by atoms with Gasteiger partial charge in [0.15, 0.2) is 0 Å². The Morgan fingerprint density at radius 3 is 2.38 bits per heavy atom. The van der Waals surface area contributed by atoms with Crippen LogP contribution in [0.15, 0.2) is 98.1 Å². The zero-order chi connectivity index (χ0) is 24.1. The first-order valence-electron chi connectivity index (χ1n) is 11.3. The predicted octanol–water partition coefficient (Wildman–Crippen LogP) is 7.38. The van der Waals surface area contributed by atoms with Crippen LogP contribution in [0.5, 0.6) is 0 Å². The smallest absolute Gasteiger partial charge is 0.123 e. The van der Waals surface area contributed by atoms with Crippen molar-refractivity contribution in [3.8, 4) is 11.1 Å². The van der Waals surface area contributed by atoms with Crippen LogP contribution in [0.1, 0.15) is 34.9 Å². The van der Waals surface area contributed by atoms with Crippen molar-refractivity contribution < 1.29 is 4.39 Å². The molecule has 0 aliphatic heterocycles. The minimum atomic E-state index is -0.234. The molecule has 2 aromatic heterocycles. The van der Waals surface area contributed by atoms with Crippen molar-refractivity contribution in [1.82, 2.24) is 9.97 Å². The van der Waals surface area contributed by atoms with Crippen LogP contribution in [0.4, 0.5) is 10.1 Å². The Bertz CT molecular complexity index is 1320. The molecule has 2 heterocycles. The maximum Gasteiger partial charge on any atom is 0.123 e. The molecule has 0 saturated carbocycles. The molecule has 4 heteroatoms. The van der Waals surface area contributed by atoms with Gasteiger partial charge >= 0.3 is 0 Å². The minimum Gasteiger partial charge on any atom is -0.354 e. The van der Waals surface area contributed by atoms with E-state index in [-0.39, 0.29) is 5.82 Å². The summed E-state index contributed by atoms with van der Waals surface area (Å²) in [4.78, 5) is 8.92. The number of nitrogens with one attached hydrogen (secondary N) is 1. The van der Waals surface area contributed by atoms with Crippen LogP contribution in [0.3, 0.4) is 0 Å². The summed E-state index contributed by atoms with van der Waals surface area (Å²) >= 11 is 0. The van der Waals surface area contributed by atoms with Gasteiger partial charge in [0, 0.05) is 35.8 Å². The number of hydrogen-bond donors (Lipinski definition) is 1. The van der Waals surface area contributed by atoms with E-state index >= 15 is 0 Å². The number of benzene rings is 2. The fourth-order valence-electron chi connectivity index (χ4n) is 3.79. The molecule has 0 saturated heterocycles. The van der Waals surface area contributed by atoms with E-state index in [1.165, 1.54) is 17.7 Å². The zero-order valence-electron chi connectivity index (χ0n) is 19.6. The summed E-state index contributed by atoms with van der Waals surface area (Å²) in [7, 11) is 0. The quantitative estimate of drug-likeness (QED) is 0.285. The monoisotopic (exact) mass is 449 g/mol. The molecule has 170 valence electrons. The highest BCUT2D eigenvalue weighted by Crippen LogP contribution is 2.29. The summed E-state index contributed by atoms with van der Waals surface area (Å²) < 4.78 is 13.1. The Kier molecular flexibility index (Phi) is 6.98. The van der Waals surface area contributed by atoms with Crippen LogP contribution in [-0.2, 0) is 12.8 Å². The molecule has 4 rings (SSSR count). The normalized spacial score (nSPS) is 10.7. The molecular weight excluding hydrogens is 421 g/mol. The van der Waals surface area contributed by atoms with Gasteiger partial charge in [-0.3, -0.25) is 9.97 Å². The van der Waals surface area contributed by atoms with Crippen LogP contribution in [0.25, 0.3) is 16.7 Å². The second-order valence-corrected chi connectivity index (χ2v) is 8.39. The van der Waals surface area contributed by atoms with Gasteiger partial charge in [-0.25, -0.2) is 4.39 Å². The van der Waals surface area contributed by atoms with Crippen molar-refractivity contribution >= 4 is 11.3 Å². The van der Waals surface area contributed by atoms with E-state index in [2.05, 4.69) is 66.6 Å². The number of pyridine rings is 2. The van der Waals surface area contributed by atoms with Gasteiger partial charge in [0.2, 0.25) is 0 Å². The number of halogens is 1. The third kappa shape index (κ3) is 5.46. The Morgan fingerprint density at radius 2 is 1.68 bits per heavy atom. The fraction of sp³-hybridized carbons (Fsp3) is 0.133. The summed E-state index contributed by atoms with van der Waals surface area (Å²) in [5.41, 5.74) is 9.88. The lowest BCUT2D eigenvalue weighted by Crippen LogP contribution is -2.03. The highest BCUT2D eigenvalue weighted by Gasteiger charge is 2.10. The molecule has 0 atom stereocenters. The van der Waals surface area contributed by atoms with Gasteiger partial charge < -0.3 is 5.32 Å². The number of hydrogen-bond acceptors (Lipinski definition) is 3. The largest absolute Gasteiger partial charge is 0.354 e. The maximum atomic E-state index is 13.1. The van der Waals surface area contributed by atoms with Gasteiger partial charge in [-0.1, -0.05) is 44.3 Å². The van der Waals surface area contributed by atoms with Gasteiger partial charge in [-0.2, -0.15) is 0 Å². The van der Waals surface area contributed by atoms with Crippen molar-refractivity contribution in [1.29, 1.82) is 0 Å². The molecule has 0 radical (unpaired) electrons. The van der Waals surface area contributed by atoms with E-state index in [1.807, 2.05) is 24.5 Å². The first kappa shape index (κ1) is 23.1. The summed E-state index contributed by atoms with van der Waals surface area (Å²) in [5, 5.41) is 3.32. The Morgan fingerprint density at radius 1 is 0.882 bits per heavy atom. The summed E-state index contributed by atoms with van der Waals surface area (Å²) in [6, 6.07) is 19.0. The zero-order valence-corrected chi connectivity index (χ0v) is 19.6. The molecule has 1 N–H and O–H groups in total. The fourth-order valence-corrected chi connectivity index (χ4v) is 3.79. The highest BCUT2D eigenvalue weighted by atomic mass is 19.1. The lowest BCUT2D eigenvalue weighted by molar-refractivity contribution is 0.627. The molecule has 0 aliphatic rings. The molecule has 34 heavy (non-hydrogen) atoms. The van der Waals surface area contributed by atoms with Gasteiger partial charge in [0.05, 0.1) is 11.9 Å². The van der Waals surface area contributed by atoms with Gasteiger partial charge in [-0.15, -0.1) is 0 Å². The molecule has 4 aromatic rings. The van der Waals surface area contributed by atoms with E-state index in [9.17, 15) is 4.39 Å². The second kappa shape index (κ2) is 10.3. The summed E-state index contributed by atoms with van der Waals surface area (Å²) in [6.45, 7) is 12.7. The number of nitrogens with zero attached hydrogens (tertiary/aromatic N) is 2. The second-order valence-electron chi connectivity index (χ2n) is 8.39. The van der Waals surface area contributed by atoms with Crippen molar-refractivity contribution in [3.63, 3.8) is 0 Å². The third-order valence-electron chi connectivity index (χ3n) is 5.88. The Labute approximate surface area is 200 Å². The van der Waals surface area contributed by atoms with E-state index in [4.69, 9.17) is 0 Å². The van der Waals surface area contributed by atoms with E-state index in [0.29, 0.717) is 12.1 Å². The molecule has 0 aliphatic carbocycles. The standard InChI is InChI=1S/C30H28FN3/c1-5-23-14-26(18-32-17-23)25-9-6-20(2)30(16-25)21(3)22(4)34-29-13-12-28(33-19-29)15-24-7-10-27(31)11-8-24/h6-14,16-19,34H,3-5,15H2,1-2H3. The van der Waals surface area contributed by atoms with E-state index in [1.54, 1.807) is 18.3 Å². The van der Waals surface area contributed by atoms with Gasteiger partial charge in [0.25, 0.3) is 0 Å². The Balaban J connectivity index is 1.47. The van der Waals surface area contributed by atoms with Crippen molar-refractivity contribution in [3.05, 3.63) is 132 Å². The number of rotatable bonds is 8. The first-order chi connectivity index (χ1) is 16.4. The number of anilines is 1. The van der Waals surface area contributed by atoms with Crippen LogP contribution in [0, 0.1) is 12.7 Å². The lowest BCUT2D eigenvalue weighted by Gasteiger charge is -2.16. The number of aryl methyl sites for hydroxylation is 2. The van der Waals surface area contributed by atoms with Crippen molar-refractivity contribution in [2.75, 3.05) is 5.32 Å². The first-order valence-corrected chi connectivity index (χ1v) is 11.3. The molecule has 0 amide bonds. The lowest BCUT2D eigenvalue weighted by atomic mass is 9.94. The molecule has 3 nitrogen and oxygen atoms in total. The predicted molar refractivity (Wildman–Crippen MR) is 139 cm³/mol. The van der Waals surface area contributed by atoms with Crippen molar-refractivity contribution in [2.24, 2.45) is 0 Å². The van der Waals surface area contributed by atoms with E-state index in [0.717, 1.165) is 51.2 Å². The Hall–Kier alpha value is -4.05. The molecule has 0 bridgehead atoms. The third-order valence-corrected chi connectivity index (χ3v) is 5.88. The van der Waals surface area contributed by atoms with E-state index < -0.39 is 0 Å². The van der Waals surface area contributed by atoms with Crippen molar-refractivity contribution in [2.45, 2.75) is 26.7 Å².